The molecule has 21 heavy (non-hydrogen) atoms. The first-order valence-electron chi connectivity index (χ1n) is 7.89. The number of hydrogen-bond donors (Lipinski definition) is 1. The SMILES string of the molecule is CC1(C)CN(c2ccc(F)c(F)c2)CC2(CCCCC2)N1. The lowest BCUT2D eigenvalue weighted by Gasteiger charge is -2.53. The third kappa shape index (κ3) is 3.05. The van der Waals surface area contributed by atoms with E-state index in [2.05, 4.69) is 24.1 Å². The molecule has 0 atom stereocenters. The van der Waals surface area contributed by atoms with Crippen LogP contribution in [-0.2, 0) is 0 Å². The van der Waals surface area contributed by atoms with Gasteiger partial charge in [-0.3, -0.25) is 0 Å². The van der Waals surface area contributed by atoms with Crippen LogP contribution >= 0.6 is 0 Å². The number of hydrogen-bond acceptors (Lipinski definition) is 2. The predicted octanol–water partition coefficient (Wildman–Crippen LogP) is 3.86. The summed E-state index contributed by atoms with van der Waals surface area (Å²) in [5.41, 5.74) is 0.874. The standard InChI is InChI=1S/C17H24F2N2/c1-16(2)11-21(13-6-7-14(18)15(19)10-13)12-17(20-16)8-4-3-5-9-17/h6-7,10,20H,3-5,8-9,11-12H2,1-2H3. The third-order valence-electron chi connectivity index (χ3n) is 4.76. The lowest BCUT2D eigenvalue weighted by Crippen LogP contribution is -2.69. The lowest BCUT2D eigenvalue weighted by atomic mass is 9.77. The van der Waals surface area contributed by atoms with E-state index >= 15 is 0 Å². The first-order valence-corrected chi connectivity index (χ1v) is 7.89. The summed E-state index contributed by atoms with van der Waals surface area (Å²) in [6.45, 7) is 6.06. The van der Waals surface area contributed by atoms with Gasteiger partial charge in [0.15, 0.2) is 11.6 Å². The highest BCUT2D eigenvalue weighted by molar-refractivity contribution is 5.48. The van der Waals surface area contributed by atoms with Crippen LogP contribution in [0.4, 0.5) is 14.5 Å². The Morgan fingerprint density at radius 2 is 1.71 bits per heavy atom. The van der Waals surface area contributed by atoms with E-state index in [1.165, 1.54) is 31.4 Å². The molecule has 2 fully saturated rings. The number of anilines is 1. The summed E-state index contributed by atoms with van der Waals surface area (Å²) in [4.78, 5) is 2.21. The van der Waals surface area contributed by atoms with E-state index in [1.54, 1.807) is 6.07 Å². The van der Waals surface area contributed by atoms with Gasteiger partial charge in [-0.2, -0.15) is 0 Å². The Labute approximate surface area is 125 Å². The summed E-state index contributed by atoms with van der Waals surface area (Å²) in [6, 6.07) is 4.25. The molecule has 0 bridgehead atoms. The van der Waals surface area contributed by atoms with Crippen LogP contribution in [0.2, 0.25) is 0 Å². The molecule has 2 aliphatic rings. The van der Waals surface area contributed by atoms with Crippen LogP contribution < -0.4 is 10.2 Å². The molecule has 0 amide bonds. The molecule has 4 heteroatoms. The molecule has 1 N–H and O–H groups in total. The highest BCUT2D eigenvalue weighted by Gasteiger charge is 2.43. The van der Waals surface area contributed by atoms with Crippen LogP contribution in [0, 0.1) is 11.6 Å². The van der Waals surface area contributed by atoms with Crippen molar-refractivity contribution < 1.29 is 8.78 Å². The Kier molecular flexibility index (Phi) is 3.68. The number of piperazine rings is 1. The van der Waals surface area contributed by atoms with Crippen molar-refractivity contribution in [2.24, 2.45) is 0 Å². The van der Waals surface area contributed by atoms with E-state index in [-0.39, 0.29) is 11.1 Å². The average Bonchev–Trinajstić information content (AvgIpc) is 2.40. The summed E-state index contributed by atoms with van der Waals surface area (Å²) >= 11 is 0. The van der Waals surface area contributed by atoms with Crippen molar-refractivity contribution in [2.75, 3.05) is 18.0 Å². The molecule has 1 saturated heterocycles. The normalized spacial score (nSPS) is 24.3. The van der Waals surface area contributed by atoms with Gasteiger partial charge in [0, 0.05) is 35.9 Å². The molecule has 1 saturated carbocycles. The van der Waals surface area contributed by atoms with Crippen molar-refractivity contribution in [1.29, 1.82) is 0 Å². The van der Waals surface area contributed by atoms with Crippen molar-refractivity contribution >= 4 is 5.69 Å². The van der Waals surface area contributed by atoms with Crippen molar-refractivity contribution in [3.05, 3.63) is 29.8 Å². The molecule has 1 aromatic carbocycles. The van der Waals surface area contributed by atoms with Crippen LogP contribution in [0.5, 0.6) is 0 Å². The molecule has 0 aromatic heterocycles. The van der Waals surface area contributed by atoms with Gasteiger partial charge in [0.1, 0.15) is 0 Å². The summed E-state index contributed by atoms with van der Waals surface area (Å²) < 4.78 is 26.7. The second kappa shape index (κ2) is 5.24. The van der Waals surface area contributed by atoms with Gasteiger partial charge in [-0.15, -0.1) is 0 Å². The van der Waals surface area contributed by atoms with Gasteiger partial charge in [0.05, 0.1) is 0 Å². The molecular formula is C17H24F2N2. The molecular weight excluding hydrogens is 270 g/mol. The molecule has 0 radical (unpaired) electrons. The Morgan fingerprint density at radius 1 is 1.00 bits per heavy atom. The average molecular weight is 294 g/mol. The molecule has 0 unspecified atom stereocenters. The second-order valence-corrected chi connectivity index (χ2v) is 7.30. The quantitative estimate of drug-likeness (QED) is 0.846. The first-order chi connectivity index (χ1) is 9.89. The topological polar surface area (TPSA) is 15.3 Å². The summed E-state index contributed by atoms with van der Waals surface area (Å²) in [6.07, 6.45) is 6.12. The third-order valence-corrected chi connectivity index (χ3v) is 4.76. The maximum atomic E-state index is 13.5. The van der Waals surface area contributed by atoms with Gasteiger partial charge >= 0.3 is 0 Å². The molecule has 116 valence electrons. The van der Waals surface area contributed by atoms with E-state index in [4.69, 9.17) is 0 Å². The summed E-state index contributed by atoms with van der Waals surface area (Å²) in [7, 11) is 0. The van der Waals surface area contributed by atoms with E-state index < -0.39 is 11.6 Å². The van der Waals surface area contributed by atoms with E-state index in [9.17, 15) is 8.78 Å². The second-order valence-electron chi connectivity index (χ2n) is 7.30. The van der Waals surface area contributed by atoms with E-state index in [0.717, 1.165) is 31.6 Å². The van der Waals surface area contributed by atoms with Gasteiger partial charge in [0.25, 0.3) is 0 Å². The van der Waals surface area contributed by atoms with Crippen LogP contribution in [0.1, 0.15) is 46.0 Å². The Bertz CT molecular complexity index is 522. The van der Waals surface area contributed by atoms with Crippen LogP contribution in [0.3, 0.4) is 0 Å². The fraction of sp³-hybridized carbons (Fsp3) is 0.647. The molecule has 1 heterocycles. The minimum atomic E-state index is -0.777. The number of rotatable bonds is 1. The first kappa shape index (κ1) is 14.8. The maximum absolute atomic E-state index is 13.5. The maximum Gasteiger partial charge on any atom is 0.160 e. The zero-order chi connectivity index (χ0) is 15.1. The molecule has 1 aromatic rings. The number of nitrogens with one attached hydrogen (secondary N) is 1. The summed E-state index contributed by atoms with van der Waals surface area (Å²) in [5.74, 6) is -1.54. The molecule has 3 rings (SSSR count). The van der Waals surface area contributed by atoms with E-state index in [1.807, 2.05) is 0 Å². The van der Waals surface area contributed by atoms with Gasteiger partial charge in [-0.25, -0.2) is 8.78 Å². The number of benzene rings is 1. The molecule has 1 spiro atoms. The Hall–Kier alpha value is -1.16. The minimum Gasteiger partial charge on any atom is -0.368 e. The molecule has 2 nitrogen and oxygen atoms in total. The van der Waals surface area contributed by atoms with Gasteiger partial charge < -0.3 is 10.2 Å². The van der Waals surface area contributed by atoms with Gasteiger partial charge in [-0.1, -0.05) is 19.3 Å². The Balaban J connectivity index is 1.88. The van der Waals surface area contributed by atoms with Crippen LogP contribution in [-0.4, -0.2) is 24.2 Å². The summed E-state index contributed by atoms with van der Waals surface area (Å²) in [5, 5.41) is 3.82. The molecule has 1 aliphatic carbocycles. The van der Waals surface area contributed by atoms with Crippen LogP contribution in [0.25, 0.3) is 0 Å². The van der Waals surface area contributed by atoms with E-state index in [0.29, 0.717) is 0 Å². The number of nitrogens with zero attached hydrogens (tertiary/aromatic N) is 1. The van der Waals surface area contributed by atoms with Crippen molar-refractivity contribution in [3.63, 3.8) is 0 Å². The fourth-order valence-corrected chi connectivity index (χ4v) is 4.07. The largest absolute Gasteiger partial charge is 0.368 e. The lowest BCUT2D eigenvalue weighted by molar-refractivity contribution is 0.146. The Morgan fingerprint density at radius 3 is 2.38 bits per heavy atom. The monoisotopic (exact) mass is 294 g/mol. The van der Waals surface area contributed by atoms with Crippen molar-refractivity contribution in [2.45, 2.75) is 57.0 Å². The molecule has 1 aliphatic heterocycles. The highest BCUT2D eigenvalue weighted by atomic mass is 19.2. The van der Waals surface area contributed by atoms with Crippen molar-refractivity contribution in [3.8, 4) is 0 Å². The van der Waals surface area contributed by atoms with Gasteiger partial charge in [0.2, 0.25) is 0 Å². The number of halogens is 2. The van der Waals surface area contributed by atoms with Crippen molar-refractivity contribution in [1.82, 2.24) is 5.32 Å². The van der Waals surface area contributed by atoms with Crippen LogP contribution in [0.15, 0.2) is 18.2 Å². The smallest absolute Gasteiger partial charge is 0.160 e. The zero-order valence-corrected chi connectivity index (χ0v) is 12.9. The predicted molar refractivity (Wildman–Crippen MR) is 81.6 cm³/mol. The van der Waals surface area contributed by atoms with Gasteiger partial charge in [-0.05, 0) is 38.8 Å². The fourth-order valence-electron chi connectivity index (χ4n) is 4.07. The minimum absolute atomic E-state index is 0.0273. The zero-order valence-electron chi connectivity index (χ0n) is 12.9. The highest BCUT2D eigenvalue weighted by Crippen LogP contribution is 2.36.